The molecule has 256 valence electrons. The normalized spacial score (nSPS) is 16.4. The number of para-hydroxylation sites is 2. The lowest BCUT2D eigenvalue weighted by atomic mass is 10.0. The van der Waals surface area contributed by atoms with Crippen LogP contribution >= 0.6 is 46.4 Å². The molecule has 6 rings (SSSR count). The van der Waals surface area contributed by atoms with Crippen molar-refractivity contribution in [3.8, 4) is 0 Å². The van der Waals surface area contributed by atoms with Crippen LogP contribution in [-0.4, -0.2) is 74.0 Å². The number of hydrogen-bond donors (Lipinski definition) is 0. The predicted octanol–water partition coefficient (Wildman–Crippen LogP) is 8.58. The van der Waals surface area contributed by atoms with Gasteiger partial charge in [-0.2, -0.15) is 0 Å². The molecular formula is C38H38Cl4N4O3. The summed E-state index contributed by atoms with van der Waals surface area (Å²) < 4.78 is 6.80. The van der Waals surface area contributed by atoms with Gasteiger partial charge in [-0.3, -0.25) is 9.59 Å². The molecule has 4 aromatic rings. The van der Waals surface area contributed by atoms with Crippen LogP contribution in [0.2, 0.25) is 20.1 Å². The van der Waals surface area contributed by atoms with Crippen LogP contribution < -0.4 is 9.80 Å². The highest BCUT2D eigenvalue weighted by Gasteiger charge is 2.31. The number of rotatable bonds is 10. The van der Waals surface area contributed by atoms with Gasteiger partial charge in [-0.15, -0.1) is 0 Å². The van der Waals surface area contributed by atoms with E-state index < -0.39 is 12.2 Å². The largest absolute Gasteiger partial charge is 0.368 e. The molecule has 2 aliphatic heterocycles. The summed E-state index contributed by atoms with van der Waals surface area (Å²) in [5.41, 5.74) is 3.67. The number of hydrogen-bond acceptors (Lipinski definition) is 5. The van der Waals surface area contributed by atoms with Crippen LogP contribution in [0.25, 0.3) is 0 Å². The first-order valence-electron chi connectivity index (χ1n) is 16.5. The Balaban J connectivity index is 1.20. The number of benzene rings is 4. The molecule has 0 saturated carbocycles. The maximum Gasteiger partial charge on any atom is 0.225 e. The lowest BCUT2D eigenvalue weighted by Crippen LogP contribution is -2.49. The zero-order valence-electron chi connectivity index (χ0n) is 27.0. The second-order valence-electron chi connectivity index (χ2n) is 12.3. The van der Waals surface area contributed by atoms with E-state index >= 15 is 0 Å². The Kier molecular flexibility index (Phi) is 11.9. The standard InChI is InChI=1S/C38H38Cl4N4O3/c39-31-13-11-27(23-33(31)41)35(25-37(47)45-19-15-43(16-20-45)29-7-3-1-4-8-29)49-36(28-12-14-32(40)34(42)24-28)26-38(48)46-21-17-44(18-22-46)30-9-5-2-6-10-30/h1-14,23-24,35-36H,15-22,25-26H2. The SMILES string of the molecule is O=C(CC(OC(CC(=O)N1CCN(c2ccccc2)CC1)c1ccc(Cl)c(Cl)c1)c1ccc(Cl)c(Cl)c1)N1CCN(c2ccccc2)CC1. The van der Waals surface area contributed by atoms with Crippen LogP contribution in [0.3, 0.4) is 0 Å². The van der Waals surface area contributed by atoms with Crippen molar-refractivity contribution >= 4 is 69.6 Å². The Bertz CT molecular complexity index is 1600. The van der Waals surface area contributed by atoms with E-state index in [0.29, 0.717) is 57.4 Å². The molecule has 0 radical (unpaired) electrons. The molecule has 0 aliphatic carbocycles. The maximum absolute atomic E-state index is 13.9. The molecule has 49 heavy (non-hydrogen) atoms. The fourth-order valence-electron chi connectivity index (χ4n) is 6.39. The van der Waals surface area contributed by atoms with Crippen molar-refractivity contribution in [3.05, 3.63) is 128 Å². The van der Waals surface area contributed by atoms with Crippen LogP contribution in [-0.2, 0) is 14.3 Å². The minimum atomic E-state index is -0.711. The van der Waals surface area contributed by atoms with Crippen LogP contribution in [0.4, 0.5) is 11.4 Å². The molecule has 2 unspecified atom stereocenters. The van der Waals surface area contributed by atoms with E-state index in [9.17, 15) is 9.59 Å². The number of nitrogens with zero attached hydrogens (tertiary/aromatic N) is 4. The van der Waals surface area contributed by atoms with E-state index in [1.807, 2.05) is 58.3 Å². The third kappa shape index (κ3) is 9.02. The van der Waals surface area contributed by atoms with Gasteiger partial charge in [0.1, 0.15) is 0 Å². The van der Waals surface area contributed by atoms with Crippen LogP contribution in [0, 0.1) is 0 Å². The Hall–Kier alpha value is -3.46. The van der Waals surface area contributed by atoms with Crippen molar-refractivity contribution in [2.24, 2.45) is 0 Å². The van der Waals surface area contributed by atoms with Gasteiger partial charge >= 0.3 is 0 Å². The average molecular weight is 741 g/mol. The second kappa shape index (κ2) is 16.5. The van der Waals surface area contributed by atoms with Gasteiger partial charge in [0.05, 0.1) is 45.1 Å². The lowest BCUT2D eigenvalue weighted by molar-refractivity contribution is -0.139. The number of amides is 2. The molecular weight excluding hydrogens is 702 g/mol. The van der Waals surface area contributed by atoms with Gasteiger partial charge in [0.15, 0.2) is 0 Å². The molecule has 0 N–H and O–H groups in total. The number of carbonyl (C=O) groups is 2. The lowest BCUT2D eigenvalue weighted by Gasteiger charge is -2.37. The summed E-state index contributed by atoms with van der Waals surface area (Å²) in [6, 6.07) is 30.9. The Morgan fingerprint density at radius 3 is 1.22 bits per heavy atom. The third-order valence-electron chi connectivity index (χ3n) is 9.19. The van der Waals surface area contributed by atoms with E-state index in [1.165, 1.54) is 0 Å². The second-order valence-corrected chi connectivity index (χ2v) is 13.9. The van der Waals surface area contributed by atoms with Crippen LogP contribution in [0.15, 0.2) is 97.1 Å². The summed E-state index contributed by atoms with van der Waals surface area (Å²) in [6.07, 6.45) is -1.30. The summed E-state index contributed by atoms with van der Waals surface area (Å²) in [7, 11) is 0. The molecule has 2 saturated heterocycles. The number of halogens is 4. The number of ether oxygens (including phenoxy) is 1. The van der Waals surface area contributed by atoms with Gasteiger partial charge in [0, 0.05) is 63.7 Å². The minimum Gasteiger partial charge on any atom is -0.368 e. The number of carbonyl (C=O) groups excluding carboxylic acids is 2. The van der Waals surface area contributed by atoms with Gasteiger partial charge in [-0.05, 0) is 59.7 Å². The molecule has 0 bridgehead atoms. The number of piperazine rings is 2. The fourth-order valence-corrected chi connectivity index (χ4v) is 7.01. The molecule has 2 amide bonds. The first-order valence-corrected chi connectivity index (χ1v) is 18.0. The van der Waals surface area contributed by atoms with E-state index in [2.05, 4.69) is 34.1 Å². The van der Waals surface area contributed by atoms with Crippen molar-refractivity contribution in [1.82, 2.24) is 9.80 Å². The maximum atomic E-state index is 13.9. The molecule has 2 atom stereocenters. The highest BCUT2D eigenvalue weighted by atomic mass is 35.5. The molecule has 2 heterocycles. The summed E-state index contributed by atoms with van der Waals surface area (Å²) >= 11 is 25.5. The number of anilines is 2. The van der Waals surface area contributed by atoms with Gasteiger partial charge < -0.3 is 24.3 Å². The average Bonchev–Trinajstić information content (AvgIpc) is 3.14. The van der Waals surface area contributed by atoms with Crippen LogP contribution in [0.5, 0.6) is 0 Å². The highest BCUT2D eigenvalue weighted by molar-refractivity contribution is 6.42. The first kappa shape index (κ1) is 35.4. The van der Waals surface area contributed by atoms with E-state index in [0.717, 1.165) is 37.6 Å². The van der Waals surface area contributed by atoms with Crippen molar-refractivity contribution in [3.63, 3.8) is 0 Å². The molecule has 0 aromatic heterocycles. The molecule has 2 fully saturated rings. The van der Waals surface area contributed by atoms with E-state index in [4.69, 9.17) is 51.1 Å². The fraction of sp³-hybridized carbons (Fsp3) is 0.316. The summed E-state index contributed by atoms with van der Waals surface area (Å²) in [5.74, 6) is -0.0833. The van der Waals surface area contributed by atoms with Crippen molar-refractivity contribution < 1.29 is 14.3 Å². The highest BCUT2D eigenvalue weighted by Crippen LogP contribution is 2.37. The summed E-state index contributed by atoms with van der Waals surface area (Å²) in [6.45, 7) is 5.27. The van der Waals surface area contributed by atoms with E-state index in [-0.39, 0.29) is 24.7 Å². The summed E-state index contributed by atoms with van der Waals surface area (Å²) in [5, 5.41) is 1.52. The minimum absolute atomic E-state index is 0.0416. The Morgan fingerprint density at radius 1 is 0.510 bits per heavy atom. The van der Waals surface area contributed by atoms with Crippen molar-refractivity contribution in [2.75, 3.05) is 62.2 Å². The Morgan fingerprint density at radius 2 is 0.878 bits per heavy atom. The van der Waals surface area contributed by atoms with Gasteiger partial charge in [0.2, 0.25) is 11.8 Å². The Labute approximate surface area is 307 Å². The molecule has 2 aliphatic rings. The van der Waals surface area contributed by atoms with Crippen molar-refractivity contribution in [1.29, 1.82) is 0 Å². The van der Waals surface area contributed by atoms with Gasteiger partial charge in [-0.25, -0.2) is 0 Å². The van der Waals surface area contributed by atoms with Gasteiger partial charge in [0.25, 0.3) is 0 Å². The molecule has 4 aromatic carbocycles. The van der Waals surface area contributed by atoms with Crippen molar-refractivity contribution in [2.45, 2.75) is 25.0 Å². The smallest absolute Gasteiger partial charge is 0.225 e. The predicted molar refractivity (Wildman–Crippen MR) is 199 cm³/mol. The zero-order valence-corrected chi connectivity index (χ0v) is 30.0. The van der Waals surface area contributed by atoms with Crippen LogP contribution in [0.1, 0.15) is 36.2 Å². The zero-order chi connectivity index (χ0) is 34.3. The quantitative estimate of drug-likeness (QED) is 0.163. The van der Waals surface area contributed by atoms with E-state index in [1.54, 1.807) is 24.3 Å². The summed E-state index contributed by atoms with van der Waals surface area (Å²) in [4.78, 5) is 36.0. The monoisotopic (exact) mass is 738 g/mol. The first-order chi connectivity index (χ1) is 23.7. The van der Waals surface area contributed by atoms with Gasteiger partial charge in [-0.1, -0.05) is 94.9 Å². The molecule has 11 heteroatoms. The molecule has 0 spiro atoms. The third-order valence-corrected chi connectivity index (χ3v) is 10.7. The topological polar surface area (TPSA) is 56.3 Å². The molecule has 7 nitrogen and oxygen atoms in total.